The van der Waals surface area contributed by atoms with Crippen molar-refractivity contribution in [3.05, 3.63) is 46.2 Å². The lowest BCUT2D eigenvalue weighted by atomic mass is 9.90. The van der Waals surface area contributed by atoms with Crippen LogP contribution in [0.4, 0.5) is 4.79 Å². The lowest BCUT2D eigenvalue weighted by Crippen LogP contribution is -2.91. The van der Waals surface area contributed by atoms with E-state index in [9.17, 15) is 9.59 Å². The number of hydrogen-bond acceptors (Lipinski definition) is 3. The molecule has 4 N–H and O–H groups in total. The third-order valence-corrected chi connectivity index (χ3v) is 5.70. The second-order valence-electron chi connectivity index (χ2n) is 7.84. The van der Waals surface area contributed by atoms with E-state index in [1.54, 1.807) is 6.92 Å². The van der Waals surface area contributed by atoms with Crippen LogP contribution < -0.4 is 16.0 Å². The quantitative estimate of drug-likeness (QED) is 0.656. The highest BCUT2D eigenvalue weighted by atomic mass is 16.5. The number of amides is 2. The molecule has 2 amide bonds. The van der Waals surface area contributed by atoms with Crippen molar-refractivity contribution in [1.29, 1.82) is 0 Å². The summed E-state index contributed by atoms with van der Waals surface area (Å²) in [6.07, 6.45) is 6.19. The fourth-order valence-electron chi connectivity index (χ4n) is 4.19. The summed E-state index contributed by atoms with van der Waals surface area (Å²) in [7, 11) is 0. The summed E-state index contributed by atoms with van der Waals surface area (Å²) in [6.45, 7) is 6.69. The molecule has 0 saturated heterocycles. The van der Waals surface area contributed by atoms with E-state index in [1.165, 1.54) is 32.1 Å². The molecule has 0 unspecified atom stereocenters. The van der Waals surface area contributed by atoms with Gasteiger partial charge in [-0.25, -0.2) is 9.59 Å². The Hall–Kier alpha value is -2.34. The summed E-state index contributed by atoms with van der Waals surface area (Å²) in [5.41, 5.74) is 4.25. The summed E-state index contributed by atoms with van der Waals surface area (Å²) in [6, 6.07) is 5.87. The van der Waals surface area contributed by atoms with E-state index >= 15 is 0 Å². The lowest BCUT2D eigenvalue weighted by Gasteiger charge is -2.30. The van der Waals surface area contributed by atoms with E-state index in [4.69, 9.17) is 4.74 Å². The molecule has 0 aromatic heterocycles. The van der Waals surface area contributed by atoms with Crippen LogP contribution in [0.5, 0.6) is 0 Å². The van der Waals surface area contributed by atoms with E-state index in [0.29, 0.717) is 30.5 Å². The maximum Gasteiger partial charge on any atom is 0.338 e. The maximum atomic E-state index is 12.9. The highest BCUT2D eigenvalue weighted by Gasteiger charge is 2.35. The third-order valence-electron chi connectivity index (χ3n) is 5.70. The zero-order chi connectivity index (χ0) is 20.1. The Morgan fingerprint density at radius 1 is 1.21 bits per heavy atom. The highest BCUT2D eigenvalue weighted by Crippen LogP contribution is 2.30. The number of rotatable bonds is 6. The molecule has 1 fully saturated rings. The van der Waals surface area contributed by atoms with Gasteiger partial charge in [-0.1, -0.05) is 30.2 Å². The van der Waals surface area contributed by atoms with Crippen molar-refractivity contribution in [2.45, 2.75) is 65.0 Å². The number of carbonyl (C=O) groups excluding carboxylic acids is 2. The van der Waals surface area contributed by atoms with Crippen LogP contribution in [0.3, 0.4) is 0 Å². The number of benzene rings is 1. The van der Waals surface area contributed by atoms with Crippen LogP contribution in [0.2, 0.25) is 0 Å². The number of carbonyl (C=O) groups is 2. The molecule has 28 heavy (non-hydrogen) atoms. The minimum absolute atomic E-state index is 0.272. The number of nitrogens with two attached hydrogens (primary N) is 1. The molecule has 1 aromatic rings. The molecule has 1 heterocycles. The van der Waals surface area contributed by atoms with Crippen LogP contribution >= 0.6 is 0 Å². The Kier molecular flexibility index (Phi) is 6.73. The van der Waals surface area contributed by atoms with Crippen LogP contribution in [-0.4, -0.2) is 31.2 Å². The van der Waals surface area contributed by atoms with Gasteiger partial charge in [-0.05, 0) is 57.6 Å². The Labute approximate surface area is 167 Å². The number of urea groups is 1. The van der Waals surface area contributed by atoms with Gasteiger partial charge in [-0.15, -0.1) is 0 Å². The van der Waals surface area contributed by atoms with Gasteiger partial charge in [0.05, 0.1) is 30.0 Å². The Morgan fingerprint density at radius 3 is 2.68 bits per heavy atom. The van der Waals surface area contributed by atoms with E-state index in [1.807, 2.05) is 32.0 Å². The second-order valence-corrected chi connectivity index (χ2v) is 7.84. The maximum absolute atomic E-state index is 12.9. The summed E-state index contributed by atoms with van der Waals surface area (Å²) in [5, 5.41) is 8.08. The zero-order valence-corrected chi connectivity index (χ0v) is 17.1. The van der Waals surface area contributed by atoms with Gasteiger partial charge in [0.15, 0.2) is 0 Å². The third kappa shape index (κ3) is 4.73. The first-order valence-corrected chi connectivity index (χ1v) is 10.4. The van der Waals surface area contributed by atoms with Crippen LogP contribution in [0.1, 0.15) is 61.8 Å². The van der Waals surface area contributed by atoms with Crippen molar-refractivity contribution in [2.75, 3.05) is 13.2 Å². The van der Waals surface area contributed by atoms with Crippen molar-refractivity contribution in [1.82, 2.24) is 10.6 Å². The zero-order valence-electron chi connectivity index (χ0n) is 17.1. The molecule has 1 atom stereocenters. The van der Waals surface area contributed by atoms with E-state index in [-0.39, 0.29) is 12.0 Å². The summed E-state index contributed by atoms with van der Waals surface area (Å²) < 4.78 is 5.36. The van der Waals surface area contributed by atoms with Gasteiger partial charge in [0.1, 0.15) is 6.54 Å². The van der Waals surface area contributed by atoms with E-state index in [0.717, 1.165) is 16.7 Å². The monoisotopic (exact) mass is 386 g/mol. The average Bonchev–Trinajstić information content (AvgIpc) is 2.68. The molecular weight excluding hydrogens is 354 g/mol. The Balaban J connectivity index is 1.95. The minimum Gasteiger partial charge on any atom is -0.463 e. The van der Waals surface area contributed by atoms with Gasteiger partial charge in [0.2, 0.25) is 0 Å². The Bertz CT molecular complexity index is 766. The van der Waals surface area contributed by atoms with E-state index < -0.39 is 6.04 Å². The minimum atomic E-state index is -0.498. The summed E-state index contributed by atoms with van der Waals surface area (Å²) in [5.74, 6) is -0.368. The largest absolute Gasteiger partial charge is 0.463 e. The van der Waals surface area contributed by atoms with Crippen LogP contribution in [0.15, 0.2) is 29.5 Å². The molecule has 6 heteroatoms. The number of hydrogen-bond donors (Lipinski definition) is 3. The fourth-order valence-corrected chi connectivity index (χ4v) is 4.19. The van der Waals surface area contributed by atoms with Crippen molar-refractivity contribution in [3.63, 3.8) is 0 Å². The highest BCUT2D eigenvalue weighted by molar-refractivity contribution is 5.95. The average molecular weight is 387 g/mol. The number of esters is 1. The first-order chi connectivity index (χ1) is 13.5. The van der Waals surface area contributed by atoms with Crippen LogP contribution in [0, 0.1) is 13.8 Å². The predicted molar refractivity (Wildman–Crippen MR) is 108 cm³/mol. The number of aryl methyl sites for hydroxylation is 2. The van der Waals surface area contributed by atoms with Gasteiger partial charge < -0.3 is 20.7 Å². The number of ether oxygens (including phenoxy) is 1. The first-order valence-electron chi connectivity index (χ1n) is 10.4. The van der Waals surface area contributed by atoms with Gasteiger partial charge >= 0.3 is 12.0 Å². The van der Waals surface area contributed by atoms with Gasteiger partial charge in [-0.2, -0.15) is 0 Å². The summed E-state index contributed by atoms with van der Waals surface area (Å²) >= 11 is 0. The molecule has 0 spiro atoms. The lowest BCUT2D eigenvalue weighted by molar-refractivity contribution is -0.685. The summed E-state index contributed by atoms with van der Waals surface area (Å²) in [4.78, 5) is 25.3. The topological polar surface area (TPSA) is 84.0 Å². The van der Waals surface area contributed by atoms with Crippen LogP contribution in [-0.2, 0) is 9.53 Å². The molecule has 0 bridgehead atoms. The van der Waals surface area contributed by atoms with Gasteiger partial charge in [0.25, 0.3) is 0 Å². The molecule has 152 valence electrons. The van der Waals surface area contributed by atoms with Crippen molar-refractivity contribution >= 4 is 12.0 Å². The smallest absolute Gasteiger partial charge is 0.338 e. The molecule has 2 aliphatic rings. The van der Waals surface area contributed by atoms with Crippen molar-refractivity contribution in [2.24, 2.45) is 0 Å². The first kappa shape index (κ1) is 20.4. The number of nitrogens with one attached hydrogen (secondary N) is 2. The second kappa shape index (κ2) is 9.24. The van der Waals surface area contributed by atoms with E-state index in [2.05, 4.69) is 16.0 Å². The molecule has 1 aliphatic carbocycles. The van der Waals surface area contributed by atoms with Gasteiger partial charge in [-0.3, -0.25) is 0 Å². The van der Waals surface area contributed by atoms with Crippen molar-refractivity contribution in [3.8, 4) is 0 Å². The van der Waals surface area contributed by atoms with Crippen LogP contribution in [0.25, 0.3) is 0 Å². The molecule has 6 nitrogen and oxygen atoms in total. The molecule has 1 aromatic carbocycles. The molecule has 1 saturated carbocycles. The molecule has 1 aliphatic heterocycles. The standard InChI is InChI=1S/C22H31N3O3/c1-4-28-21(26)19-18(13-23-16-8-6-5-7-9-16)24-22(27)25-20(19)17-12-14(2)10-11-15(17)3/h10-12,16,20,23H,4-9,13H2,1-3H3,(H2,24,25,27)/p+1/t20-/m0/s1. The molecule has 3 rings (SSSR count). The normalized spacial score (nSPS) is 20.5. The number of quaternary nitrogens is 1. The molecule has 0 radical (unpaired) electrons. The SMILES string of the molecule is CCOC(=O)C1=C(C[NH2+]C2CCCCC2)NC(=O)N[C@H]1c1cc(C)ccc1C. The fraction of sp³-hybridized carbons (Fsp3) is 0.545. The Morgan fingerprint density at radius 2 is 1.96 bits per heavy atom. The van der Waals surface area contributed by atoms with Crippen molar-refractivity contribution < 1.29 is 19.6 Å². The molecular formula is C22H32N3O3+. The predicted octanol–water partition coefficient (Wildman–Crippen LogP) is 2.37. The van der Waals surface area contributed by atoms with Gasteiger partial charge in [0, 0.05) is 0 Å².